The van der Waals surface area contributed by atoms with Crippen LogP contribution in [-0.4, -0.2) is 28.0 Å². The summed E-state index contributed by atoms with van der Waals surface area (Å²) in [5, 5.41) is 8.77. The van der Waals surface area contributed by atoms with Crippen molar-refractivity contribution in [2.45, 2.75) is 39.7 Å². The molecule has 4 heteroatoms. The zero-order valence-electron chi connectivity index (χ0n) is 10.7. The molecule has 0 unspecified atom stereocenters. The van der Waals surface area contributed by atoms with Crippen molar-refractivity contribution in [1.29, 1.82) is 5.26 Å². The highest BCUT2D eigenvalue weighted by molar-refractivity contribution is 5.30. The van der Waals surface area contributed by atoms with E-state index in [0.29, 0.717) is 12.5 Å². The summed E-state index contributed by atoms with van der Waals surface area (Å²) in [4.78, 5) is 11.3. The Labute approximate surface area is 102 Å². The summed E-state index contributed by atoms with van der Waals surface area (Å²) in [6.45, 7) is 8.50. The maximum atomic E-state index is 8.77. The van der Waals surface area contributed by atoms with Crippen LogP contribution in [-0.2, 0) is 13.0 Å². The van der Waals surface area contributed by atoms with Crippen molar-refractivity contribution in [3.63, 3.8) is 0 Å². The molecule has 1 aromatic rings. The van der Waals surface area contributed by atoms with Gasteiger partial charge in [0.2, 0.25) is 0 Å². The standard InChI is InChI=1S/C13H18N4/c1-9(2)13-11-8-17(7-5-14)6-4-12(11)15-10(3)16-13/h9H,4,6-8H2,1-3H3. The summed E-state index contributed by atoms with van der Waals surface area (Å²) in [7, 11) is 0. The highest BCUT2D eigenvalue weighted by Crippen LogP contribution is 2.25. The molecule has 90 valence electrons. The summed E-state index contributed by atoms with van der Waals surface area (Å²) >= 11 is 0. The molecule has 1 aromatic heterocycles. The minimum absolute atomic E-state index is 0.410. The van der Waals surface area contributed by atoms with Gasteiger partial charge in [0.1, 0.15) is 5.82 Å². The molecule has 0 amide bonds. The van der Waals surface area contributed by atoms with Crippen LogP contribution in [0.4, 0.5) is 0 Å². The molecule has 1 aliphatic heterocycles. The Balaban J connectivity index is 2.38. The van der Waals surface area contributed by atoms with E-state index in [1.807, 2.05) is 6.92 Å². The molecule has 1 aliphatic rings. The van der Waals surface area contributed by atoms with E-state index in [1.165, 1.54) is 11.3 Å². The van der Waals surface area contributed by atoms with Crippen LogP contribution in [0.3, 0.4) is 0 Å². The van der Waals surface area contributed by atoms with Crippen molar-refractivity contribution in [3.05, 3.63) is 22.8 Å². The first-order chi connectivity index (χ1) is 8.11. The maximum absolute atomic E-state index is 8.77. The van der Waals surface area contributed by atoms with Gasteiger partial charge in [0.05, 0.1) is 24.0 Å². The lowest BCUT2D eigenvalue weighted by Crippen LogP contribution is -2.33. The van der Waals surface area contributed by atoms with Gasteiger partial charge in [-0.3, -0.25) is 4.90 Å². The Morgan fingerprint density at radius 1 is 1.41 bits per heavy atom. The fourth-order valence-corrected chi connectivity index (χ4v) is 2.34. The molecule has 0 fully saturated rings. The summed E-state index contributed by atoms with van der Waals surface area (Å²) in [5.41, 5.74) is 3.57. The quantitative estimate of drug-likeness (QED) is 0.727. The fourth-order valence-electron chi connectivity index (χ4n) is 2.34. The van der Waals surface area contributed by atoms with Crippen LogP contribution in [0.15, 0.2) is 0 Å². The van der Waals surface area contributed by atoms with Crippen LogP contribution >= 0.6 is 0 Å². The van der Waals surface area contributed by atoms with E-state index in [4.69, 9.17) is 5.26 Å². The summed E-state index contributed by atoms with van der Waals surface area (Å²) in [5.74, 6) is 1.27. The Hall–Kier alpha value is -1.47. The number of aromatic nitrogens is 2. The number of hydrogen-bond acceptors (Lipinski definition) is 4. The Morgan fingerprint density at radius 2 is 2.18 bits per heavy atom. The molecule has 2 heterocycles. The molecule has 0 aliphatic carbocycles. The third kappa shape index (κ3) is 2.45. The average molecular weight is 230 g/mol. The van der Waals surface area contributed by atoms with Crippen molar-refractivity contribution in [2.24, 2.45) is 0 Å². The minimum atomic E-state index is 0.410. The lowest BCUT2D eigenvalue weighted by atomic mass is 9.97. The highest BCUT2D eigenvalue weighted by atomic mass is 15.1. The van der Waals surface area contributed by atoms with Gasteiger partial charge in [0.15, 0.2) is 0 Å². The molecule has 0 saturated heterocycles. The van der Waals surface area contributed by atoms with Gasteiger partial charge in [-0.25, -0.2) is 9.97 Å². The van der Waals surface area contributed by atoms with Crippen molar-refractivity contribution in [3.8, 4) is 6.07 Å². The molecule has 0 spiro atoms. The van der Waals surface area contributed by atoms with Crippen LogP contribution in [0.2, 0.25) is 0 Å². The minimum Gasteiger partial charge on any atom is -0.286 e. The molecule has 0 bridgehead atoms. The molecule has 0 aromatic carbocycles. The monoisotopic (exact) mass is 230 g/mol. The predicted octanol–water partition coefficient (Wildman–Crippen LogP) is 1.79. The van der Waals surface area contributed by atoms with E-state index in [1.54, 1.807) is 0 Å². The number of rotatable bonds is 2. The van der Waals surface area contributed by atoms with E-state index < -0.39 is 0 Å². The van der Waals surface area contributed by atoms with Gasteiger partial charge in [-0.2, -0.15) is 5.26 Å². The third-order valence-corrected chi connectivity index (χ3v) is 3.12. The fraction of sp³-hybridized carbons (Fsp3) is 0.615. The summed E-state index contributed by atoms with van der Waals surface area (Å²) in [6, 6.07) is 2.21. The normalized spacial score (nSPS) is 15.7. The molecule has 0 saturated carbocycles. The first-order valence-electron chi connectivity index (χ1n) is 6.07. The van der Waals surface area contributed by atoms with E-state index in [9.17, 15) is 0 Å². The number of nitrogens with zero attached hydrogens (tertiary/aromatic N) is 4. The van der Waals surface area contributed by atoms with E-state index in [0.717, 1.165) is 31.0 Å². The van der Waals surface area contributed by atoms with Crippen molar-refractivity contribution >= 4 is 0 Å². The lowest BCUT2D eigenvalue weighted by Gasteiger charge is -2.28. The van der Waals surface area contributed by atoms with Gasteiger partial charge in [-0.1, -0.05) is 13.8 Å². The number of hydrogen-bond donors (Lipinski definition) is 0. The zero-order chi connectivity index (χ0) is 12.4. The van der Waals surface area contributed by atoms with Crippen molar-refractivity contribution in [2.75, 3.05) is 13.1 Å². The van der Waals surface area contributed by atoms with Gasteiger partial charge in [0.25, 0.3) is 0 Å². The molecule has 0 N–H and O–H groups in total. The molecule has 4 nitrogen and oxygen atoms in total. The topological polar surface area (TPSA) is 52.8 Å². The van der Waals surface area contributed by atoms with Gasteiger partial charge < -0.3 is 0 Å². The van der Waals surface area contributed by atoms with Crippen molar-refractivity contribution in [1.82, 2.24) is 14.9 Å². The average Bonchev–Trinajstić information content (AvgIpc) is 2.28. The molecular weight excluding hydrogens is 212 g/mol. The Bertz CT molecular complexity index is 459. The van der Waals surface area contributed by atoms with Gasteiger partial charge in [-0.15, -0.1) is 0 Å². The lowest BCUT2D eigenvalue weighted by molar-refractivity contribution is 0.279. The molecule has 0 atom stereocenters. The smallest absolute Gasteiger partial charge is 0.125 e. The molecular formula is C13H18N4. The number of nitriles is 1. The van der Waals surface area contributed by atoms with Crippen LogP contribution in [0, 0.1) is 18.3 Å². The molecule has 2 rings (SSSR count). The van der Waals surface area contributed by atoms with Gasteiger partial charge in [0, 0.05) is 25.1 Å². The van der Waals surface area contributed by atoms with Crippen LogP contribution in [0.1, 0.15) is 42.5 Å². The second kappa shape index (κ2) is 4.80. The summed E-state index contributed by atoms with van der Waals surface area (Å²) in [6.07, 6.45) is 0.931. The highest BCUT2D eigenvalue weighted by Gasteiger charge is 2.22. The van der Waals surface area contributed by atoms with Crippen LogP contribution in [0.5, 0.6) is 0 Å². The molecule has 17 heavy (non-hydrogen) atoms. The number of fused-ring (bicyclic) bond motifs is 1. The van der Waals surface area contributed by atoms with E-state index >= 15 is 0 Å². The Morgan fingerprint density at radius 3 is 2.82 bits per heavy atom. The second-order valence-electron chi connectivity index (χ2n) is 4.85. The predicted molar refractivity (Wildman–Crippen MR) is 65.5 cm³/mol. The van der Waals surface area contributed by atoms with Crippen LogP contribution < -0.4 is 0 Å². The summed E-state index contributed by atoms with van der Waals surface area (Å²) < 4.78 is 0. The SMILES string of the molecule is Cc1nc2c(c(C(C)C)n1)CN(CC#N)CC2. The molecule has 0 radical (unpaired) electrons. The first-order valence-corrected chi connectivity index (χ1v) is 6.07. The number of aryl methyl sites for hydroxylation is 1. The third-order valence-electron chi connectivity index (χ3n) is 3.12. The van der Waals surface area contributed by atoms with Gasteiger partial charge >= 0.3 is 0 Å². The van der Waals surface area contributed by atoms with E-state index in [2.05, 4.69) is 34.8 Å². The van der Waals surface area contributed by atoms with Crippen LogP contribution in [0.25, 0.3) is 0 Å². The first kappa shape index (κ1) is 12.0. The van der Waals surface area contributed by atoms with E-state index in [-0.39, 0.29) is 0 Å². The Kier molecular flexibility index (Phi) is 3.39. The second-order valence-corrected chi connectivity index (χ2v) is 4.85. The van der Waals surface area contributed by atoms with Crippen molar-refractivity contribution < 1.29 is 0 Å². The van der Waals surface area contributed by atoms with Gasteiger partial charge in [-0.05, 0) is 12.8 Å². The zero-order valence-corrected chi connectivity index (χ0v) is 10.7. The maximum Gasteiger partial charge on any atom is 0.125 e. The largest absolute Gasteiger partial charge is 0.286 e.